The zero-order valence-corrected chi connectivity index (χ0v) is 12.8. The van der Waals surface area contributed by atoms with Crippen LogP contribution in [0.5, 0.6) is 5.75 Å². The Bertz CT molecular complexity index is 368. The average molecular weight is 281 g/mol. The van der Waals surface area contributed by atoms with E-state index in [9.17, 15) is 5.11 Å². The molecule has 0 aliphatic heterocycles. The Morgan fingerprint density at radius 1 is 1.25 bits per heavy atom. The van der Waals surface area contributed by atoms with E-state index in [1.54, 1.807) is 7.11 Å². The molecule has 0 aliphatic rings. The van der Waals surface area contributed by atoms with Crippen molar-refractivity contribution in [3.63, 3.8) is 0 Å². The minimum Gasteiger partial charge on any atom is -0.497 e. The minimum atomic E-state index is -0.527. The van der Waals surface area contributed by atoms with E-state index in [2.05, 4.69) is 19.2 Å². The van der Waals surface area contributed by atoms with Gasteiger partial charge in [0.25, 0.3) is 0 Å². The number of nitrogens with one attached hydrogen (secondary N) is 1. The van der Waals surface area contributed by atoms with E-state index in [0.717, 1.165) is 30.9 Å². The summed E-state index contributed by atoms with van der Waals surface area (Å²) in [6.45, 7) is 7.12. The maximum absolute atomic E-state index is 10.1. The van der Waals surface area contributed by atoms with Crippen LogP contribution >= 0.6 is 0 Å². The molecule has 0 aromatic heterocycles. The molecule has 2 N–H and O–H groups in total. The number of ether oxygens (including phenoxy) is 2. The molecule has 0 fully saturated rings. The molecule has 1 atom stereocenters. The Morgan fingerprint density at radius 2 is 2.05 bits per heavy atom. The van der Waals surface area contributed by atoms with Gasteiger partial charge < -0.3 is 19.9 Å². The highest BCUT2D eigenvalue weighted by molar-refractivity contribution is 5.29. The zero-order valence-electron chi connectivity index (χ0n) is 12.8. The van der Waals surface area contributed by atoms with Gasteiger partial charge in [0.05, 0.1) is 19.8 Å². The van der Waals surface area contributed by atoms with Crippen molar-refractivity contribution in [1.29, 1.82) is 0 Å². The van der Waals surface area contributed by atoms with Gasteiger partial charge >= 0.3 is 0 Å². The van der Waals surface area contributed by atoms with Crippen molar-refractivity contribution in [3.8, 4) is 5.75 Å². The second-order valence-corrected chi connectivity index (χ2v) is 5.29. The molecule has 4 heteroatoms. The molecule has 1 unspecified atom stereocenters. The summed E-state index contributed by atoms with van der Waals surface area (Å²) < 4.78 is 10.6. The van der Waals surface area contributed by atoms with Crippen molar-refractivity contribution in [2.45, 2.75) is 26.4 Å². The molecule has 4 nitrogen and oxygen atoms in total. The van der Waals surface area contributed by atoms with E-state index in [1.807, 2.05) is 24.3 Å². The fourth-order valence-corrected chi connectivity index (χ4v) is 1.77. The molecule has 0 amide bonds. The summed E-state index contributed by atoms with van der Waals surface area (Å²) in [7, 11) is 1.62. The molecule has 0 radical (unpaired) electrons. The molecule has 0 aliphatic carbocycles. The molecular weight excluding hydrogens is 254 g/mol. The molecular formula is C16H27NO3. The van der Waals surface area contributed by atoms with Gasteiger partial charge in [-0.1, -0.05) is 26.0 Å². The molecule has 1 aromatic carbocycles. The lowest BCUT2D eigenvalue weighted by molar-refractivity contribution is 0.119. The third-order valence-corrected chi connectivity index (χ3v) is 3.08. The number of hydrogen-bond acceptors (Lipinski definition) is 4. The van der Waals surface area contributed by atoms with Gasteiger partial charge in [0.1, 0.15) is 5.75 Å². The fraction of sp³-hybridized carbons (Fsp3) is 0.625. The Labute approximate surface area is 122 Å². The van der Waals surface area contributed by atoms with Crippen LogP contribution in [0.1, 0.15) is 31.9 Å². The van der Waals surface area contributed by atoms with E-state index in [0.29, 0.717) is 19.1 Å². The lowest BCUT2D eigenvalue weighted by Gasteiger charge is -2.13. The van der Waals surface area contributed by atoms with Crippen molar-refractivity contribution < 1.29 is 14.6 Å². The lowest BCUT2D eigenvalue weighted by atomic mass is 10.1. The van der Waals surface area contributed by atoms with E-state index in [1.165, 1.54) is 0 Å². The van der Waals surface area contributed by atoms with Gasteiger partial charge in [-0.05, 0) is 30.0 Å². The first-order valence-corrected chi connectivity index (χ1v) is 7.24. The van der Waals surface area contributed by atoms with Crippen molar-refractivity contribution in [1.82, 2.24) is 5.32 Å². The van der Waals surface area contributed by atoms with Crippen LogP contribution in [0.2, 0.25) is 0 Å². The fourth-order valence-electron chi connectivity index (χ4n) is 1.77. The Hall–Kier alpha value is -1.10. The first kappa shape index (κ1) is 17.0. The molecule has 0 bridgehead atoms. The Balaban J connectivity index is 2.15. The minimum absolute atomic E-state index is 0.515. The average Bonchev–Trinajstić information content (AvgIpc) is 2.45. The summed E-state index contributed by atoms with van der Waals surface area (Å²) in [6.07, 6.45) is 0.563. The number of rotatable bonds is 10. The van der Waals surface area contributed by atoms with E-state index in [4.69, 9.17) is 9.47 Å². The van der Waals surface area contributed by atoms with E-state index >= 15 is 0 Å². The number of aliphatic hydroxyl groups excluding tert-OH is 1. The Morgan fingerprint density at radius 3 is 2.75 bits per heavy atom. The van der Waals surface area contributed by atoms with Gasteiger partial charge in [-0.25, -0.2) is 0 Å². The number of hydrogen-bond donors (Lipinski definition) is 2. The zero-order chi connectivity index (χ0) is 14.8. The normalized spacial score (nSPS) is 12.7. The Kier molecular flexibility index (Phi) is 8.26. The summed E-state index contributed by atoms with van der Waals surface area (Å²) in [5.41, 5.74) is 0.859. The van der Waals surface area contributed by atoms with Crippen molar-refractivity contribution in [2.24, 2.45) is 5.92 Å². The molecule has 0 saturated carbocycles. The van der Waals surface area contributed by atoms with Crippen LogP contribution in [-0.4, -0.2) is 38.5 Å². The summed E-state index contributed by atoms with van der Waals surface area (Å²) in [6, 6.07) is 7.50. The van der Waals surface area contributed by atoms with Crippen molar-refractivity contribution in [2.75, 3.05) is 33.4 Å². The maximum atomic E-state index is 10.1. The second-order valence-electron chi connectivity index (χ2n) is 5.29. The molecule has 0 saturated heterocycles. The van der Waals surface area contributed by atoms with Crippen molar-refractivity contribution >= 4 is 0 Å². The second kappa shape index (κ2) is 9.75. The summed E-state index contributed by atoms with van der Waals surface area (Å²) >= 11 is 0. The van der Waals surface area contributed by atoms with Gasteiger partial charge in [-0.3, -0.25) is 0 Å². The lowest BCUT2D eigenvalue weighted by Crippen LogP contribution is -2.25. The van der Waals surface area contributed by atoms with Gasteiger partial charge in [0.15, 0.2) is 0 Å². The summed E-state index contributed by atoms with van der Waals surface area (Å²) in [5.74, 6) is 1.44. The van der Waals surface area contributed by atoms with Gasteiger partial charge in [-0.15, -0.1) is 0 Å². The SMILES string of the molecule is COc1cccc(C(O)CNCCOCCC(C)C)c1. The van der Waals surface area contributed by atoms with Gasteiger partial charge in [0.2, 0.25) is 0 Å². The largest absolute Gasteiger partial charge is 0.497 e. The quantitative estimate of drug-likeness (QED) is 0.647. The molecule has 114 valence electrons. The standard InChI is InChI=1S/C16H27NO3/c1-13(2)7-9-20-10-8-17-12-16(18)14-5-4-6-15(11-14)19-3/h4-6,11,13,16-18H,7-10,12H2,1-3H3. The monoisotopic (exact) mass is 281 g/mol. The van der Waals surface area contributed by atoms with Crippen LogP contribution in [0.15, 0.2) is 24.3 Å². The highest BCUT2D eigenvalue weighted by Gasteiger charge is 2.07. The topological polar surface area (TPSA) is 50.7 Å². The van der Waals surface area contributed by atoms with Crippen molar-refractivity contribution in [3.05, 3.63) is 29.8 Å². The number of benzene rings is 1. The molecule has 0 spiro atoms. The van der Waals surface area contributed by atoms with Crippen LogP contribution in [0.25, 0.3) is 0 Å². The molecule has 0 heterocycles. The first-order valence-electron chi connectivity index (χ1n) is 7.24. The molecule has 1 rings (SSSR count). The highest BCUT2D eigenvalue weighted by atomic mass is 16.5. The van der Waals surface area contributed by atoms with Crippen LogP contribution in [0.3, 0.4) is 0 Å². The summed E-state index contributed by atoms with van der Waals surface area (Å²) in [5, 5.41) is 13.3. The first-order chi connectivity index (χ1) is 9.63. The van der Waals surface area contributed by atoms with E-state index < -0.39 is 6.10 Å². The molecule has 20 heavy (non-hydrogen) atoms. The summed E-state index contributed by atoms with van der Waals surface area (Å²) in [4.78, 5) is 0. The molecule has 1 aromatic rings. The number of aliphatic hydroxyl groups is 1. The third-order valence-electron chi connectivity index (χ3n) is 3.08. The predicted octanol–water partition coefficient (Wildman–Crippen LogP) is 2.38. The van der Waals surface area contributed by atoms with Crippen LogP contribution < -0.4 is 10.1 Å². The van der Waals surface area contributed by atoms with Crippen LogP contribution in [0, 0.1) is 5.92 Å². The maximum Gasteiger partial charge on any atom is 0.119 e. The predicted molar refractivity (Wildman–Crippen MR) is 81.1 cm³/mol. The van der Waals surface area contributed by atoms with Crippen LogP contribution in [-0.2, 0) is 4.74 Å². The smallest absolute Gasteiger partial charge is 0.119 e. The number of methoxy groups -OCH3 is 1. The highest BCUT2D eigenvalue weighted by Crippen LogP contribution is 2.18. The third kappa shape index (κ3) is 6.89. The van der Waals surface area contributed by atoms with Gasteiger partial charge in [-0.2, -0.15) is 0 Å². The van der Waals surface area contributed by atoms with Gasteiger partial charge in [0, 0.05) is 19.7 Å². The van der Waals surface area contributed by atoms with Crippen LogP contribution in [0.4, 0.5) is 0 Å². The van der Waals surface area contributed by atoms with E-state index in [-0.39, 0.29) is 0 Å².